The maximum Gasteiger partial charge on any atom is 0.291 e. The third kappa shape index (κ3) is 2.44. The van der Waals surface area contributed by atoms with Gasteiger partial charge in [0.2, 0.25) is 0 Å². The van der Waals surface area contributed by atoms with Crippen molar-refractivity contribution in [2.24, 2.45) is 0 Å². The molecule has 6 nitrogen and oxygen atoms in total. The molecule has 4 rings (SSSR count). The summed E-state index contributed by atoms with van der Waals surface area (Å²) in [6.45, 7) is 1.82. The van der Waals surface area contributed by atoms with Crippen molar-refractivity contribution in [1.29, 1.82) is 0 Å². The summed E-state index contributed by atoms with van der Waals surface area (Å²) in [4.78, 5) is 20.9. The molecule has 0 fully saturated rings. The van der Waals surface area contributed by atoms with Gasteiger partial charge in [-0.05, 0) is 37.3 Å². The van der Waals surface area contributed by atoms with Crippen molar-refractivity contribution in [3.05, 3.63) is 72.6 Å². The van der Waals surface area contributed by atoms with Crippen molar-refractivity contribution in [2.75, 3.05) is 5.32 Å². The normalized spacial score (nSPS) is 10.9. The van der Waals surface area contributed by atoms with E-state index in [1.165, 1.54) is 6.26 Å². The summed E-state index contributed by atoms with van der Waals surface area (Å²) >= 11 is 0. The second-order valence-electron chi connectivity index (χ2n) is 5.40. The summed E-state index contributed by atoms with van der Waals surface area (Å²) in [5.74, 6) is 0.746. The number of rotatable bonds is 3. The number of aromatic nitrogens is 3. The Balaban J connectivity index is 1.59. The molecule has 24 heavy (non-hydrogen) atoms. The van der Waals surface area contributed by atoms with Crippen molar-refractivity contribution in [2.45, 2.75) is 6.92 Å². The minimum Gasteiger partial charge on any atom is -0.459 e. The lowest BCUT2D eigenvalue weighted by molar-refractivity contribution is 0.0996. The maximum atomic E-state index is 12.1. The van der Waals surface area contributed by atoms with Gasteiger partial charge in [-0.2, -0.15) is 0 Å². The van der Waals surface area contributed by atoms with Crippen molar-refractivity contribution in [1.82, 2.24) is 14.5 Å². The van der Waals surface area contributed by atoms with E-state index in [0.717, 1.165) is 22.4 Å². The average Bonchev–Trinajstić information content (AvgIpc) is 3.22. The van der Waals surface area contributed by atoms with Gasteiger partial charge >= 0.3 is 0 Å². The number of pyridine rings is 1. The molecule has 0 aliphatic rings. The Morgan fingerprint density at radius 1 is 1.12 bits per heavy atom. The Morgan fingerprint density at radius 2 is 2.00 bits per heavy atom. The van der Waals surface area contributed by atoms with Gasteiger partial charge < -0.3 is 9.73 Å². The number of anilines is 1. The van der Waals surface area contributed by atoms with E-state index in [9.17, 15) is 4.79 Å². The largest absolute Gasteiger partial charge is 0.459 e. The predicted molar refractivity (Wildman–Crippen MR) is 90.3 cm³/mol. The SMILES string of the molecule is Cc1ccoc1C(=O)Nc1ccc(-n2cnc3ccccc32)nc1. The van der Waals surface area contributed by atoms with Crippen LogP contribution in [0, 0.1) is 6.92 Å². The van der Waals surface area contributed by atoms with Gasteiger partial charge in [0, 0.05) is 5.56 Å². The molecule has 0 unspecified atom stereocenters. The van der Waals surface area contributed by atoms with Crippen molar-refractivity contribution in [3.8, 4) is 5.82 Å². The topological polar surface area (TPSA) is 73.0 Å². The van der Waals surface area contributed by atoms with Crippen molar-refractivity contribution in [3.63, 3.8) is 0 Å². The Kier molecular flexibility index (Phi) is 3.35. The Hall–Kier alpha value is -3.41. The van der Waals surface area contributed by atoms with Gasteiger partial charge in [0.15, 0.2) is 5.76 Å². The third-order valence-electron chi connectivity index (χ3n) is 3.77. The minimum absolute atomic E-state index is 0.292. The number of carbonyl (C=O) groups is 1. The van der Waals surface area contributed by atoms with Crippen LogP contribution in [-0.2, 0) is 0 Å². The molecule has 0 saturated heterocycles. The van der Waals surface area contributed by atoms with Crippen LogP contribution in [0.4, 0.5) is 5.69 Å². The van der Waals surface area contributed by atoms with E-state index < -0.39 is 0 Å². The maximum absolute atomic E-state index is 12.1. The average molecular weight is 318 g/mol. The van der Waals surface area contributed by atoms with E-state index >= 15 is 0 Å². The van der Waals surface area contributed by atoms with Crippen LogP contribution in [0.15, 0.2) is 65.7 Å². The molecule has 118 valence electrons. The molecule has 3 heterocycles. The van der Waals surface area contributed by atoms with Gasteiger partial charge in [0.05, 0.1) is 29.2 Å². The monoisotopic (exact) mass is 318 g/mol. The molecule has 0 aliphatic carbocycles. The summed E-state index contributed by atoms with van der Waals surface area (Å²) in [6, 6.07) is 13.2. The number of hydrogen-bond acceptors (Lipinski definition) is 4. The molecule has 0 radical (unpaired) electrons. The first-order chi connectivity index (χ1) is 11.7. The summed E-state index contributed by atoms with van der Waals surface area (Å²) < 4.78 is 7.08. The number of fused-ring (bicyclic) bond motifs is 1. The van der Waals surface area contributed by atoms with Crippen LogP contribution >= 0.6 is 0 Å². The zero-order chi connectivity index (χ0) is 16.5. The highest BCUT2D eigenvalue weighted by Gasteiger charge is 2.13. The van der Waals surface area contributed by atoms with Gasteiger partial charge in [-0.1, -0.05) is 12.1 Å². The zero-order valence-corrected chi connectivity index (χ0v) is 12.9. The van der Waals surface area contributed by atoms with Crippen LogP contribution in [0.2, 0.25) is 0 Å². The summed E-state index contributed by atoms with van der Waals surface area (Å²) in [5, 5.41) is 2.77. The second-order valence-corrected chi connectivity index (χ2v) is 5.40. The molecule has 0 atom stereocenters. The number of carbonyl (C=O) groups excluding carboxylic acids is 1. The molecule has 1 aromatic carbocycles. The van der Waals surface area contributed by atoms with Crippen LogP contribution in [0.1, 0.15) is 16.1 Å². The molecular weight excluding hydrogens is 304 g/mol. The van der Waals surface area contributed by atoms with Gasteiger partial charge in [-0.15, -0.1) is 0 Å². The quantitative estimate of drug-likeness (QED) is 0.626. The summed E-state index contributed by atoms with van der Waals surface area (Å²) in [5.41, 5.74) is 3.28. The number of aryl methyl sites for hydroxylation is 1. The molecule has 1 N–H and O–H groups in total. The lowest BCUT2D eigenvalue weighted by Gasteiger charge is -2.06. The number of furan rings is 1. The van der Waals surface area contributed by atoms with Gasteiger partial charge in [0.1, 0.15) is 12.1 Å². The van der Waals surface area contributed by atoms with Crippen molar-refractivity contribution < 1.29 is 9.21 Å². The first-order valence-corrected chi connectivity index (χ1v) is 7.46. The van der Waals surface area contributed by atoms with E-state index in [2.05, 4.69) is 15.3 Å². The highest BCUT2D eigenvalue weighted by Crippen LogP contribution is 2.18. The Labute approximate surface area is 137 Å². The van der Waals surface area contributed by atoms with E-state index in [4.69, 9.17) is 4.42 Å². The van der Waals surface area contributed by atoms with E-state index in [1.54, 1.807) is 24.7 Å². The second kappa shape index (κ2) is 5.66. The molecule has 1 amide bonds. The van der Waals surface area contributed by atoms with Crippen LogP contribution < -0.4 is 5.32 Å². The summed E-state index contributed by atoms with van der Waals surface area (Å²) in [7, 11) is 0. The van der Waals surface area contributed by atoms with E-state index in [1.807, 2.05) is 41.8 Å². The fourth-order valence-corrected chi connectivity index (χ4v) is 2.54. The molecule has 0 spiro atoms. The van der Waals surface area contributed by atoms with E-state index in [-0.39, 0.29) is 5.91 Å². The molecule has 0 bridgehead atoms. The first kappa shape index (κ1) is 14.2. The van der Waals surface area contributed by atoms with Gasteiger partial charge in [-0.3, -0.25) is 9.36 Å². The van der Waals surface area contributed by atoms with Crippen LogP contribution in [0.3, 0.4) is 0 Å². The smallest absolute Gasteiger partial charge is 0.291 e. The Bertz CT molecular complexity index is 1010. The predicted octanol–water partition coefficient (Wildman–Crippen LogP) is 3.57. The third-order valence-corrected chi connectivity index (χ3v) is 3.77. The Morgan fingerprint density at radius 3 is 2.75 bits per heavy atom. The highest BCUT2D eigenvalue weighted by atomic mass is 16.3. The fourth-order valence-electron chi connectivity index (χ4n) is 2.54. The molecule has 0 saturated carbocycles. The fraction of sp³-hybridized carbons (Fsp3) is 0.0556. The lowest BCUT2D eigenvalue weighted by atomic mass is 10.2. The number of amides is 1. The first-order valence-electron chi connectivity index (χ1n) is 7.46. The highest BCUT2D eigenvalue weighted by molar-refractivity contribution is 6.03. The zero-order valence-electron chi connectivity index (χ0n) is 12.9. The molecular formula is C18H14N4O2. The number of para-hydroxylation sites is 2. The number of nitrogens with one attached hydrogen (secondary N) is 1. The van der Waals surface area contributed by atoms with E-state index in [0.29, 0.717) is 11.4 Å². The van der Waals surface area contributed by atoms with Crippen LogP contribution in [0.5, 0.6) is 0 Å². The molecule has 4 aromatic rings. The minimum atomic E-state index is -0.292. The van der Waals surface area contributed by atoms with Gasteiger partial charge in [0.25, 0.3) is 5.91 Å². The summed E-state index contributed by atoms with van der Waals surface area (Å²) in [6.07, 6.45) is 4.84. The lowest BCUT2D eigenvalue weighted by Crippen LogP contribution is -2.12. The van der Waals surface area contributed by atoms with Crippen LogP contribution in [0.25, 0.3) is 16.9 Å². The van der Waals surface area contributed by atoms with Gasteiger partial charge in [-0.25, -0.2) is 9.97 Å². The standard InChI is InChI=1S/C18H14N4O2/c1-12-8-9-24-17(12)18(23)21-13-6-7-16(19-10-13)22-11-20-14-4-2-3-5-15(14)22/h2-11H,1H3,(H,21,23). The molecule has 3 aromatic heterocycles. The number of imidazole rings is 1. The number of nitrogens with zero attached hydrogens (tertiary/aromatic N) is 3. The number of benzene rings is 1. The molecule has 0 aliphatic heterocycles. The van der Waals surface area contributed by atoms with Crippen molar-refractivity contribution >= 4 is 22.6 Å². The number of hydrogen-bond donors (Lipinski definition) is 1. The molecule has 6 heteroatoms. The van der Waals surface area contributed by atoms with Crippen LogP contribution in [-0.4, -0.2) is 20.4 Å².